The van der Waals surface area contributed by atoms with Crippen molar-refractivity contribution >= 4 is 17.4 Å². The van der Waals surface area contributed by atoms with E-state index in [0.717, 1.165) is 22.5 Å². The van der Waals surface area contributed by atoms with Crippen molar-refractivity contribution in [1.29, 1.82) is 0 Å². The number of hydrogen-bond acceptors (Lipinski definition) is 2. The first kappa shape index (κ1) is 12.1. The molecule has 2 rings (SSSR count). The van der Waals surface area contributed by atoms with E-state index >= 15 is 0 Å². The van der Waals surface area contributed by atoms with Gasteiger partial charge in [-0.15, -0.1) is 0 Å². The van der Waals surface area contributed by atoms with Crippen LogP contribution in [-0.2, 0) is 0 Å². The summed E-state index contributed by atoms with van der Waals surface area (Å²) in [7, 11) is 0. The van der Waals surface area contributed by atoms with Crippen molar-refractivity contribution in [2.75, 3.05) is 10.6 Å². The zero-order chi connectivity index (χ0) is 13.0. The van der Waals surface area contributed by atoms with Gasteiger partial charge in [-0.2, -0.15) is 0 Å². The summed E-state index contributed by atoms with van der Waals surface area (Å²) in [5, 5.41) is 5.61. The molecule has 0 aliphatic rings. The fourth-order valence-electron chi connectivity index (χ4n) is 1.60. The summed E-state index contributed by atoms with van der Waals surface area (Å²) in [4.78, 5) is 15.8. The molecule has 0 aliphatic carbocycles. The first-order chi connectivity index (χ1) is 8.66. The molecule has 4 nitrogen and oxygen atoms in total. The third-order valence-corrected chi connectivity index (χ3v) is 2.66. The predicted octanol–water partition coefficient (Wildman–Crippen LogP) is 3.34. The Morgan fingerprint density at radius 2 is 1.67 bits per heavy atom. The number of nitrogens with zero attached hydrogens (tertiary/aromatic N) is 1. The molecule has 0 spiro atoms. The molecular weight excluding hydrogens is 226 g/mol. The van der Waals surface area contributed by atoms with Gasteiger partial charge in [-0.05, 0) is 37.1 Å². The number of rotatable bonds is 2. The van der Waals surface area contributed by atoms with E-state index in [1.54, 1.807) is 18.5 Å². The summed E-state index contributed by atoms with van der Waals surface area (Å²) in [6.45, 7) is 3.85. The van der Waals surface area contributed by atoms with E-state index in [-0.39, 0.29) is 6.03 Å². The molecule has 1 aromatic carbocycles. The highest BCUT2D eigenvalue weighted by molar-refractivity contribution is 6.00. The van der Waals surface area contributed by atoms with Crippen LogP contribution >= 0.6 is 0 Å². The highest BCUT2D eigenvalue weighted by atomic mass is 16.2. The third kappa shape index (κ3) is 2.85. The maximum absolute atomic E-state index is 11.8. The number of urea groups is 1. The molecule has 0 aliphatic heterocycles. The zero-order valence-corrected chi connectivity index (χ0v) is 10.4. The van der Waals surface area contributed by atoms with E-state index in [1.165, 1.54) is 0 Å². The second kappa shape index (κ2) is 5.31. The minimum atomic E-state index is -0.251. The summed E-state index contributed by atoms with van der Waals surface area (Å²) >= 11 is 0. The van der Waals surface area contributed by atoms with Gasteiger partial charge < -0.3 is 10.6 Å². The molecule has 0 saturated heterocycles. The molecule has 2 amide bonds. The monoisotopic (exact) mass is 241 g/mol. The number of nitrogens with one attached hydrogen (secondary N) is 2. The second-order valence-electron chi connectivity index (χ2n) is 4.08. The summed E-state index contributed by atoms with van der Waals surface area (Å²) in [6, 6.07) is 9.17. The molecule has 18 heavy (non-hydrogen) atoms. The van der Waals surface area contributed by atoms with Gasteiger partial charge >= 0.3 is 6.03 Å². The number of para-hydroxylation sites is 1. The maximum Gasteiger partial charge on any atom is 0.323 e. The standard InChI is InChI=1S/C14H15N3O/c1-10-5-3-4-6-12(10)16-14(18)17-13-7-8-15-9-11(13)2/h3-9H,1-2H3,(H2,15,16,17,18). The Balaban J connectivity index is 2.06. The Morgan fingerprint density at radius 1 is 1.00 bits per heavy atom. The number of hydrogen-bond donors (Lipinski definition) is 2. The largest absolute Gasteiger partial charge is 0.323 e. The summed E-state index contributed by atoms with van der Waals surface area (Å²) in [5.74, 6) is 0. The highest BCUT2D eigenvalue weighted by Crippen LogP contribution is 2.15. The van der Waals surface area contributed by atoms with Crippen LogP contribution in [0.2, 0.25) is 0 Å². The van der Waals surface area contributed by atoms with Crippen LogP contribution in [0.5, 0.6) is 0 Å². The van der Waals surface area contributed by atoms with E-state index in [1.807, 2.05) is 38.1 Å². The summed E-state index contributed by atoms with van der Waals surface area (Å²) in [5.41, 5.74) is 3.52. The SMILES string of the molecule is Cc1ccccc1NC(=O)Nc1ccncc1C. The van der Waals surface area contributed by atoms with Crippen molar-refractivity contribution in [3.05, 3.63) is 53.9 Å². The van der Waals surface area contributed by atoms with E-state index in [0.29, 0.717) is 0 Å². The first-order valence-corrected chi connectivity index (χ1v) is 5.71. The van der Waals surface area contributed by atoms with Crippen LogP contribution in [0.4, 0.5) is 16.2 Å². The minimum Gasteiger partial charge on any atom is -0.307 e. The molecule has 0 atom stereocenters. The van der Waals surface area contributed by atoms with Gasteiger partial charge in [0, 0.05) is 23.8 Å². The Morgan fingerprint density at radius 3 is 2.33 bits per heavy atom. The van der Waals surface area contributed by atoms with E-state index in [4.69, 9.17) is 0 Å². The van der Waals surface area contributed by atoms with Gasteiger partial charge in [0.2, 0.25) is 0 Å². The van der Waals surface area contributed by atoms with E-state index in [2.05, 4.69) is 15.6 Å². The summed E-state index contributed by atoms with van der Waals surface area (Å²) in [6.07, 6.45) is 3.36. The van der Waals surface area contributed by atoms with Gasteiger partial charge in [-0.1, -0.05) is 18.2 Å². The molecule has 0 saturated carbocycles. The predicted molar refractivity (Wildman–Crippen MR) is 72.8 cm³/mol. The lowest BCUT2D eigenvalue weighted by atomic mass is 10.2. The zero-order valence-electron chi connectivity index (χ0n) is 10.4. The van der Waals surface area contributed by atoms with Gasteiger partial charge in [0.15, 0.2) is 0 Å². The Hall–Kier alpha value is -2.36. The number of carbonyl (C=O) groups is 1. The quantitative estimate of drug-likeness (QED) is 0.847. The second-order valence-corrected chi connectivity index (χ2v) is 4.08. The molecule has 1 heterocycles. The van der Waals surface area contributed by atoms with Crippen molar-refractivity contribution in [2.45, 2.75) is 13.8 Å². The summed E-state index contributed by atoms with van der Waals surface area (Å²) < 4.78 is 0. The topological polar surface area (TPSA) is 54.0 Å². The molecule has 0 unspecified atom stereocenters. The fraction of sp³-hybridized carbons (Fsp3) is 0.143. The smallest absolute Gasteiger partial charge is 0.307 e. The molecule has 0 fully saturated rings. The number of benzene rings is 1. The lowest BCUT2D eigenvalue weighted by molar-refractivity contribution is 0.262. The lowest BCUT2D eigenvalue weighted by Crippen LogP contribution is -2.20. The number of pyridine rings is 1. The molecule has 2 aromatic rings. The molecule has 0 bridgehead atoms. The van der Waals surface area contributed by atoms with Crippen LogP contribution < -0.4 is 10.6 Å². The van der Waals surface area contributed by atoms with Gasteiger partial charge in [0.1, 0.15) is 0 Å². The number of amides is 2. The van der Waals surface area contributed by atoms with Crippen LogP contribution in [0.15, 0.2) is 42.7 Å². The van der Waals surface area contributed by atoms with Crippen LogP contribution in [0.3, 0.4) is 0 Å². The lowest BCUT2D eigenvalue weighted by Gasteiger charge is -2.10. The van der Waals surface area contributed by atoms with Crippen molar-refractivity contribution < 1.29 is 4.79 Å². The molecule has 0 radical (unpaired) electrons. The average molecular weight is 241 g/mol. The van der Waals surface area contributed by atoms with E-state index in [9.17, 15) is 4.79 Å². The van der Waals surface area contributed by atoms with Gasteiger partial charge in [0.25, 0.3) is 0 Å². The number of anilines is 2. The van der Waals surface area contributed by atoms with E-state index < -0.39 is 0 Å². The van der Waals surface area contributed by atoms with Crippen molar-refractivity contribution in [2.24, 2.45) is 0 Å². The average Bonchev–Trinajstić information content (AvgIpc) is 2.35. The normalized spacial score (nSPS) is 9.89. The Labute approximate surface area is 106 Å². The van der Waals surface area contributed by atoms with Crippen LogP contribution in [0, 0.1) is 13.8 Å². The number of aromatic nitrogens is 1. The van der Waals surface area contributed by atoms with Crippen LogP contribution in [-0.4, -0.2) is 11.0 Å². The number of aryl methyl sites for hydroxylation is 2. The van der Waals surface area contributed by atoms with Crippen molar-refractivity contribution in [1.82, 2.24) is 4.98 Å². The minimum absolute atomic E-state index is 0.251. The van der Waals surface area contributed by atoms with Gasteiger partial charge in [0.05, 0.1) is 0 Å². The van der Waals surface area contributed by atoms with Crippen LogP contribution in [0.25, 0.3) is 0 Å². The fourth-order valence-corrected chi connectivity index (χ4v) is 1.60. The first-order valence-electron chi connectivity index (χ1n) is 5.71. The van der Waals surface area contributed by atoms with Gasteiger partial charge in [-0.25, -0.2) is 4.79 Å². The van der Waals surface area contributed by atoms with Crippen molar-refractivity contribution in [3.8, 4) is 0 Å². The van der Waals surface area contributed by atoms with Crippen LogP contribution in [0.1, 0.15) is 11.1 Å². The Bertz CT molecular complexity index is 517. The van der Waals surface area contributed by atoms with Gasteiger partial charge in [-0.3, -0.25) is 4.98 Å². The van der Waals surface area contributed by atoms with Crippen molar-refractivity contribution in [3.63, 3.8) is 0 Å². The highest BCUT2D eigenvalue weighted by Gasteiger charge is 2.05. The third-order valence-electron chi connectivity index (χ3n) is 2.66. The molecule has 92 valence electrons. The molecule has 2 N–H and O–H groups in total. The molecular formula is C14H15N3O. The molecule has 4 heteroatoms. The number of carbonyl (C=O) groups excluding carboxylic acids is 1. The maximum atomic E-state index is 11.8. The Kier molecular flexibility index (Phi) is 3.57. The molecule has 1 aromatic heterocycles.